The molecule has 0 saturated carbocycles. The van der Waals surface area contributed by atoms with Crippen molar-refractivity contribution in [1.29, 1.82) is 0 Å². The van der Waals surface area contributed by atoms with Crippen molar-refractivity contribution in [1.82, 2.24) is 10.2 Å². The lowest BCUT2D eigenvalue weighted by Crippen LogP contribution is -2.52. The smallest absolute Gasteiger partial charge is 0.244 e. The number of amides is 2. The highest BCUT2D eigenvalue weighted by Crippen LogP contribution is 2.23. The molecule has 0 aromatic heterocycles. The fraction of sp³-hybridized carbons (Fsp3) is 0.481. The third kappa shape index (κ3) is 8.09. The predicted octanol–water partition coefficient (Wildman–Crippen LogP) is 4.22. The first kappa shape index (κ1) is 28.4. The van der Waals surface area contributed by atoms with Gasteiger partial charge in [-0.3, -0.25) is 13.9 Å². The Morgan fingerprint density at radius 2 is 1.63 bits per heavy atom. The van der Waals surface area contributed by atoms with Crippen molar-refractivity contribution in [3.8, 4) is 0 Å². The first-order valence-electron chi connectivity index (χ1n) is 12.1. The summed E-state index contributed by atoms with van der Waals surface area (Å²) in [5.41, 5.74) is 3.39. The van der Waals surface area contributed by atoms with Crippen LogP contribution in [-0.4, -0.2) is 50.0 Å². The summed E-state index contributed by atoms with van der Waals surface area (Å²) < 4.78 is 26.5. The van der Waals surface area contributed by atoms with Crippen LogP contribution in [0.3, 0.4) is 0 Å². The van der Waals surface area contributed by atoms with Gasteiger partial charge in [0.1, 0.15) is 12.6 Å². The number of carbonyl (C=O) groups excluding carboxylic acids is 2. The van der Waals surface area contributed by atoms with Crippen LogP contribution in [0.4, 0.5) is 5.69 Å². The minimum Gasteiger partial charge on any atom is -0.352 e. The Kier molecular flexibility index (Phi) is 9.89. The molecule has 0 saturated heterocycles. The van der Waals surface area contributed by atoms with Crippen LogP contribution in [-0.2, 0) is 26.2 Å². The molecule has 1 N–H and O–H groups in total. The summed E-state index contributed by atoms with van der Waals surface area (Å²) in [7, 11) is -3.74. The van der Waals surface area contributed by atoms with Gasteiger partial charge >= 0.3 is 0 Å². The fourth-order valence-electron chi connectivity index (χ4n) is 3.69. The Morgan fingerprint density at radius 1 is 1.00 bits per heavy atom. The zero-order chi connectivity index (χ0) is 26.3. The summed E-state index contributed by atoms with van der Waals surface area (Å²) in [5, 5.41) is 2.93. The number of hydrogen-bond donors (Lipinski definition) is 1. The van der Waals surface area contributed by atoms with Crippen LogP contribution in [0.1, 0.15) is 63.6 Å². The van der Waals surface area contributed by atoms with Crippen molar-refractivity contribution in [2.24, 2.45) is 0 Å². The Hall–Kier alpha value is -2.87. The van der Waals surface area contributed by atoms with E-state index in [4.69, 9.17) is 0 Å². The molecular formula is C27H39N3O4S. The number of anilines is 1. The largest absolute Gasteiger partial charge is 0.352 e. The van der Waals surface area contributed by atoms with Crippen molar-refractivity contribution >= 4 is 27.5 Å². The maximum absolute atomic E-state index is 13.6. The lowest BCUT2D eigenvalue weighted by molar-refractivity contribution is -0.139. The van der Waals surface area contributed by atoms with Gasteiger partial charge in [-0.2, -0.15) is 0 Å². The average Bonchev–Trinajstić information content (AvgIpc) is 2.79. The van der Waals surface area contributed by atoms with Crippen molar-refractivity contribution in [3.05, 3.63) is 65.2 Å². The van der Waals surface area contributed by atoms with E-state index < -0.39 is 28.5 Å². The molecule has 192 valence electrons. The van der Waals surface area contributed by atoms with Gasteiger partial charge in [0.25, 0.3) is 0 Å². The van der Waals surface area contributed by atoms with E-state index in [1.165, 1.54) is 4.90 Å². The number of nitrogens with zero attached hydrogens (tertiary/aromatic N) is 2. The molecule has 0 heterocycles. The summed E-state index contributed by atoms with van der Waals surface area (Å²) in [6.07, 6.45) is 1.85. The second-order valence-electron chi connectivity index (χ2n) is 9.52. The maximum Gasteiger partial charge on any atom is 0.244 e. The van der Waals surface area contributed by atoms with Gasteiger partial charge in [-0.05, 0) is 56.4 Å². The highest BCUT2D eigenvalue weighted by atomic mass is 32.2. The molecule has 8 heteroatoms. The molecule has 2 atom stereocenters. The zero-order valence-corrected chi connectivity index (χ0v) is 22.7. The molecule has 0 bridgehead atoms. The van der Waals surface area contributed by atoms with Crippen molar-refractivity contribution in [2.45, 2.75) is 72.5 Å². The topological polar surface area (TPSA) is 86.8 Å². The van der Waals surface area contributed by atoms with Gasteiger partial charge in [0.05, 0.1) is 11.9 Å². The Morgan fingerprint density at radius 3 is 2.14 bits per heavy atom. The number of benzene rings is 2. The molecule has 7 nitrogen and oxygen atoms in total. The lowest BCUT2D eigenvalue weighted by Gasteiger charge is -2.32. The van der Waals surface area contributed by atoms with E-state index in [1.807, 2.05) is 57.2 Å². The molecule has 0 aliphatic rings. The molecule has 0 fully saturated rings. The SMILES string of the molecule is CC[C@H](C)NC(=O)[C@H](C)N(Cc1cccc(C)c1)C(=O)CN(c1ccc(C(C)C)cc1)S(C)(=O)=O. The molecule has 0 spiro atoms. The van der Waals surface area contributed by atoms with Crippen LogP contribution >= 0.6 is 0 Å². The Labute approximate surface area is 210 Å². The average molecular weight is 502 g/mol. The number of sulfonamides is 1. The minimum absolute atomic E-state index is 0.0344. The van der Waals surface area contributed by atoms with Crippen LogP contribution in [0, 0.1) is 6.92 Å². The third-order valence-electron chi connectivity index (χ3n) is 6.13. The van der Waals surface area contributed by atoms with Gasteiger partial charge in [-0.25, -0.2) is 8.42 Å². The van der Waals surface area contributed by atoms with Crippen molar-refractivity contribution < 1.29 is 18.0 Å². The summed E-state index contributed by atoms with van der Waals surface area (Å²) in [5.74, 6) is -0.420. The second kappa shape index (κ2) is 12.2. The first-order valence-corrected chi connectivity index (χ1v) is 13.9. The quantitative estimate of drug-likeness (QED) is 0.500. The standard InChI is InChI=1S/C27H39N3O4S/c1-8-21(5)28-27(32)22(6)29(17-23-11-9-10-20(4)16-23)26(31)18-30(35(7,33)34)25-14-12-24(13-15-25)19(2)3/h9-16,19,21-22H,8,17-18H2,1-7H3,(H,28,32)/t21-,22-/m0/s1. The number of hydrogen-bond acceptors (Lipinski definition) is 4. The van der Waals surface area contributed by atoms with E-state index >= 15 is 0 Å². The van der Waals surface area contributed by atoms with E-state index in [9.17, 15) is 18.0 Å². The van der Waals surface area contributed by atoms with Gasteiger partial charge in [0, 0.05) is 12.6 Å². The number of rotatable bonds is 11. The van der Waals surface area contributed by atoms with Gasteiger partial charge < -0.3 is 10.2 Å². The molecule has 2 aromatic rings. The van der Waals surface area contributed by atoms with E-state index in [0.29, 0.717) is 11.6 Å². The van der Waals surface area contributed by atoms with E-state index in [-0.39, 0.29) is 18.5 Å². The minimum atomic E-state index is -3.74. The molecule has 2 aromatic carbocycles. The maximum atomic E-state index is 13.6. The highest BCUT2D eigenvalue weighted by molar-refractivity contribution is 7.92. The molecule has 0 aliphatic heterocycles. The molecule has 2 rings (SSSR count). The summed E-state index contributed by atoms with van der Waals surface area (Å²) in [6.45, 7) is 11.4. The van der Waals surface area contributed by atoms with Crippen LogP contribution < -0.4 is 9.62 Å². The molecule has 0 unspecified atom stereocenters. The number of nitrogens with one attached hydrogen (secondary N) is 1. The van der Waals surface area contributed by atoms with Crippen molar-refractivity contribution in [2.75, 3.05) is 17.1 Å². The highest BCUT2D eigenvalue weighted by Gasteiger charge is 2.30. The van der Waals surface area contributed by atoms with Crippen LogP contribution in [0.25, 0.3) is 0 Å². The first-order chi connectivity index (χ1) is 16.3. The number of aryl methyl sites for hydroxylation is 1. The van der Waals surface area contributed by atoms with Gasteiger partial charge in [-0.1, -0.05) is 62.7 Å². The van der Waals surface area contributed by atoms with Gasteiger partial charge in [0.2, 0.25) is 21.8 Å². The van der Waals surface area contributed by atoms with Crippen molar-refractivity contribution in [3.63, 3.8) is 0 Å². The molecular weight excluding hydrogens is 462 g/mol. The number of carbonyl (C=O) groups is 2. The summed E-state index contributed by atoms with van der Waals surface area (Å²) in [4.78, 5) is 28.0. The van der Waals surface area contributed by atoms with Crippen LogP contribution in [0.15, 0.2) is 48.5 Å². The Bertz CT molecular complexity index is 1110. The van der Waals surface area contributed by atoms with E-state index in [0.717, 1.165) is 33.7 Å². The molecule has 0 aliphatic carbocycles. The normalized spacial score (nSPS) is 13.3. The van der Waals surface area contributed by atoms with Crippen LogP contribution in [0.5, 0.6) is 0 Å². The lowest BCUT2D eigenvalue weighted by atomic mass is 10.0. The third-order valence-corrected chi connectivity index (χ3v) is 7.27. The van der Waals surface area contributed by atoms with Gasteiger partial charge in [-0.15, -0.1) is 0 Å². The van der Waals surface area contributed by atoms with E-state index in [2.05, 4.69) is 19.2 Å². The predicted molar refractivity (Wildman–Crippen MR) is 142 cm³/mol. The second-order valence-corrected chi connectivity index (χ2v) is 11.4. The van der Waals surface area contributed by atoms with Gasteiger partial charge in [0.15, 0.2) is 0 Å². The molecule has 35 heavy (non-hydrogen) atoms. The zero-order valence-electron chi connectivity index (χ0n) is 21.9. The summed E-state index contributed by atoms with van der Waals surface area (Å²) in [6, 6.07) is 14.1. The Balaban J connectivity index is 2.38. The fourth-order valence-corrected chi connectivity index (χ4v) is 4.54. The summed E-state index contributed by atoms with van der Waals surface area (Å²) >= 11 is 0. The monoisotopic (exact) mass is 501 g/mol. The molecule has 2 amide bonds. The van der Waals surface area contributed by atoms with E-state index in [1.54, 1.807) is 19.1 Å². The molecule has 0 radical (unpaired) electrons. The van der Waals surface area contributed by atoms with Crippen LogP contribution in [0.2, 0.25) is 0 Å².